The molecule has 1 aromatic heterocycles. The smallest absolute Gasteiger partial charge is 0.744 e. The number of carbonyl (C=O) groups is 1. The second kappa shape index (κ2) is 11.7. The minimum atomic E-state index is -4.78. The van der Waals surface area contributed by atoms with Crippen LogP contribution < -0.4 is 75.8 Å². The van der Waals surface area contributed by atoms with Crippen molar-refractivity contribution in [3.8, 4) is 0 Å². The molecule has 11 heteroatoms. The summed E-state index contributed by atoms with van der Waals surface area (Å²) in [6.07, 6.45) is 2.23. The Morgan fingerprint density at radius 1 is 1.29 bits per heavy atom. The molecule has 0 radical (unpaired) electrons. The van der Waals surface area contributed by atoms with E-state index in [1.807, 2.05) is 0 Å². The molecule has 0 aliphatic carbocycles. The van der Waals surface area contributed by atoms with Gasteiger partial charge in [-0.15, -0.1) is 0 Å². The molecule has 0 bridgehead atoms. The minimum Gasteiger partial charge on any atom is -0.744 e. The van der Waals surface area contributed by atoms with Gasteiger partial charge in [0.25, 0.3) is 0 Å². The number of nitrogens with two attached hydrogens (primary N) is 1. The number of rotatable bonds is 7. The van der Waals surface area contributed by atoms with Crippen molar-refractivity contribution in [3.63, 3.8) is 0 Å². The first kappa shape index (κ1) is 27.6. The van der Waals surface area contributed by atoms with Gasteiger partial charge < -0.3 is 26.9 Å². The number of fused-ring (bicyclic) bond motifs is 1. The number of unbranched alkanes of at least 4 members (excludes halogenated alkanes) is 2. The summed E-state index contributed by atoms with van der Waals surface area (Å²) < 4.78 is 39.1. The van der Waals surface area contributed by atoms with Gasteiger partial charge in [-0.3, -0.25) is 4.79 Å². The molecule has 0 saturated carbocycles. The molecular weight excluding hydrogens is 406 g/mol. The maximum atomic E-state index is 12.2. The summed E-state index contributed by atoms with van der Waals surface area (Å²) in [4.78, 5) is 23.6. The van der Waals surface area contributed by atoms with Crippen molar-refractivity contribution in [3.05, 3.63) is 40.6 Å². The average molecular weight is 426 g/mol. The molecule has 3 N–H and O–H groups in total. The van der Waals surface area contributed by atoms with Gasteiger partial charge in [-0.2, -0.15) is 6.42 Å². The van der Waals surface area contributed by atoms with E-state index in [2.05, 4.69) is 12.2 Å². The molecule has 2 aromatic rings. The summed E-state index contributed by atoms with van der Waals surface area (Å²) in [5.41, 5.74) is 5.08. The molecule has 1 aromatic carbocycles. The van der Waals surface area contributed by atoms with E-state index >= 15 is 0 Å². The first-order chi connectivity index (χ1) is 12.1. The first-order valence-electron chi connectivity index (χ1n) is 8.02. The summed E-state index contributed by atoms with van der Waals surface area (Å²) in [5.74, 6) is -0.351. The van der Waals surface area contributed by atoms with Crippen LogP contribution in [0.4, 0.5) is 5.69 Å². The maximum Gasteiger partial charge on any atom is 1.00 e. The fourth-order valence-corrected chi connectivity index (χ4v) is 3.21. The molecule has 1 amide bonds. The van der Waals surface area contributed by atoms with Gasteiger partial charge in [-0.1, -0.05) is 6.42 Å². The normalized spacial score (nSPS) is 10.8. The quantitative estimate of drug-likeness (QED) is 0.113. The maximum absolute atomic E-state index is 12.2. The summed E-state index contributed by atoms with van der Waals surface area (Å²) in [6.45, 7) is 5.74. The zero-order chi connectivity index (χ0) is 19.5. The Morgan fingerprint density at radius 3 is 2.50 bits per heavy atom. The number of anilines is 1. The molecule has 0 unspecified atom stereocenters. The summed E-state index contributed by atoms with van der Waals surface area (Å²) in [6, 6.07) is 2.19. The molecular formula is C17H20N2Na2O6S. The van der Waals surface area contributed by atoms with Crippen LogP contribution >= 0.6 is 0 Å². The first-order valence-corrected chi connectivity index (χ1v) is 9.43. The number of carbonyl (C=O) groups excluding carboxylic acids is 1. The number of hydrogen-bond acceptors (Lipinski definition) is 7. The number of aryl methyl sites for hydroxylation is 1. The molecule has 0 aliphatic heterocycles. The van der Waals surface area contributed by atoms with Gasteiger partial charge >= 0.3 is 64.7 Å². The van der Waals surface area contributed by atoms with Gasteiger partial charge in [-0.25, -0.2) is 13.2 Å². The van der Waals surface area contributed by atoms with Crippen LogP contribution in [0.2, 0.25) is 0 Å². The zero-order valence-corrected chi connectivity index (χ0v) is 21.1. The summed E-state index contributed by atoms with van der Waals surface area (Å²) >= 11 is 0. The molecule has 1 heterocycles. The SMILES string of the molecule is [CH2-]CCCCNC(=O)Cc1c(C)c2cc(S(=O)(=O)[O-])c(N)cc2oc1=O.[Na+].[Na+]. The Morgan fingerprint density at radius 2 is 1.93 bits per heavy atom. The Kier molecular flexibility index (Phi) is 11.5. The number of hydrogen-bond donors (Lipinski definition) is 2. The van der Waals surface area contributed by atoms with E-state index in [4.69, 9.17) is 10.2 Å². The number of amides is 1. The summed E-state index contributed by atoms with van der Waals surface area (Å²) in [7, 11) is -4.78. The largest absolute Gasteiger partial charge is 1.00 e. The molecule has 0 spiro atoms. The van der Waals surface area contributed by atoms with Crippen molar-refractivity contribution in [2.75, 3.05) is 12.3 Å². The van der Waals surface area contributed by atoms with Crippen molar-refractivity contribution in [1.29, 1.82) is 0 Å². The third-order valence-electron chi connectivity index (χ3n) is 4.02. The Bertz CT molecular complexity index is 1000. The third-order valence-corrected chi connectivity index (χ3v) is 4.92. The van der Waals surface area contributed by atoms with Crippen LogP contribution in [0.5, 0.6) is 0 Å². The van der Waals surface area contributed by atoms with Crippen molar-refractivity contribution >= 4 is 32.7 Å². The molecule has 142 valence electrons. The van der Waals surface area contributed by atoms with Gasteiger partial charge in [0.2, 0.25) is 5.91 Å². The fraction of sp³-hybridized carbons (Fsp3) is 0.353. The van der Waals surface area contributed by atoms with E-state index in [-0.39, 0.29) is 93.7 Å². The molecule has 0 atom stereocenters. The molecule has 2 rings (SSSR count). The zero-order valence-electron chi connectivity index (χ0n) is 16.3. The molecule has 0 saturated heterocycles. The Hall–Kier alpha value is -0.390. The molecule has 28 heavy (non-hydrogen) atoms. The van der Waals surface area contributed by atoms with Crippen molar-refractivity contribution < 1.29 is 81.3 Å². The molecule has 0 fully saturated rings. The van der Waals surface area contributed by atoms with Crippen LogP contribution in [0.25, 0.3) is 11.0 Å². The molecule has 0 aliphatic rings. The van der Waals surface area contributed by atoms with Crippen molar-refractivity contribution in [2.24, 2.45) is 0 Å². The second-order valence-electron chi connectivity index (χ2n) is 5.92. The predicted molar refractivity (Wildman–Crippen MR) is 95.5 cm³/mol. The van der Waals surface area contributed by atoms with Gasteiger partial charge in [0.05, 0.1) is 22.6 Å². The summed E-state index contributed by atoms with van der Waals surface area (Å²) in [5, 5.41) is 2.94. The van der Waals surface area contributed by atoms with E-state index in [0.717, 1.165) is 31.4 Å². The molecule has 8 nitrogen and oxygen atoms in total. The fourth-order valence-electron chi connectivity index (χ4n) is 2.60. The third kappa shape index (κ3) is 6.84. The number of nitrogen functional groups attached to an aromatic ring is 1. The average Bonchev–Trinajstić information content (AvgIpc) is 2.54. The second-order valence-corrected chi connectivity index (χ2v) is 7.27. The van der Waals surface area contributed by atoms with Gasteiger partial charge in [0.15, 0.2) is 0 Å². The van der Waals surface area contributed by atoms with Crippen LogP contribution in [-0.4, -0.2) is 25.4 Å². The number of benzene rings is 1. The van der Waals surface area contributed by atoms with E-state index < -0.39 is 20.6 Å². The van der Waals surface area contributed by atoms with Crippen molar-refractivity contribution in [1.82, 2.24) is 5.32 Å². The minimum absolute atomic E-state index is 0. The van der Waals surface area contributed by atoms with Crippen LogP contribution in [0, 0.1) is 13.8 Å². The Labute approximate surface area is 208 Å². The monoisotopic (exact) mass is 426 g/mol. The van der Waals surface area contributed by atoms with Crippen LogP contribution in [0.15, 0.2) is 26.2 Å². The van der Waals surface area contributed by atoms with Crippen molar-refractivity contribution in [2.45, 2.75) is 37.5 Å². The van der Waals surface area contributed by atoms with Crippen LogP contribution in [-0.2, 0) is 21.3 Å². The predicted octanol–water partition coefficient (Wildman–Crippen LogP) is -4.74. The van der Waals surface area contributed by atoms with Gasteiger partial charge in [0, 0.05) is 18.0 Å². The van der Waals surface area contributed by atoms with Gasteiger partial charge in [0.1, 0.15) is 15.7 Å². The van der Waals surface area contributed by atoms with Crippen LogP contribution in [0.1, 0.15) is 30.4 Å². The Balaban J connectivity index is 0.00000364. The van der Waals surface area contributed by atoms with E-state index in [1.165, 1.54) is 0 Å². The van der Waals surface area contributed by atoms with E-state index in [1.54, 1.807) is 6.92 Å². The van der Waals surface area contributed by atoms with Crippen LogP contribution in [0.3, 0.4) is 0 Å². The van der Waals surface area contributed by atoms with Gasteiger partial charge in [-0.05, 0) is 25.0 Å². The number of nitrogens with one attached hydrogen (secondary N) is 1. The standard InChI is InChI=1S/C17H21N2O6S.2Na/c1-3-4-5-6-19-16(20)8-12-10(2)11-7-15(26(22,23)24)13(18)9-14(11)25-17(12)21;;/h7,9H,1,3-6,8,18H2,2H3,(H,19,20)(H,22,23,24);;/q-1;2*+1/p-1. The van der Waals surface area contributed by atoms with E-state index in [9.17, 15) is 22.6 Å². The topological polar surface area (TPSA) is 143 Å². The van der Waals surface area contributed by atoms with E-state index in [0.29, 0.717) is 12.1 Å².